The summed E-state index contributed by atoms with van der Waals surface area (Å²) in [5, 5.41) is 10.3. The summed E-state index contributed by atoms with van der Waals surface area (Å²) in [5.41, 5.74) is 4.24. The summed E-state index contributed by atoms with van der Waals surface area (Å²) in [7, 11) is 3.50. The Kier molecular flexibility index (Phi) is 7.02. The van der Waals surface area contributed by atoms with Crippen molar-refractivity contribution in [1.29, 1.82) is 0 Å². The van der Waals surface area contributed by atoms with Crippen molar-refractivity contribution < 1.29 is 13.9 Å². The Morgan fingerprint density at radius 2 is 1.94 bits per heavy atom. The van der Waals surface area contributed by atoms with Crippen LogP contribution >= 0.6 is 0 Å². The van der Waals surface area contributed by atoms with E-state index in [0.717, 1.165) is 17.0 Å². The lowest BCUT2D eigenvalue weighted by Crippen LogP contribution is -2.36. The van der Waals surface area contributed by atoms with Crippen molar-refractivity contribution in [3.63, 3.8) is 0 Å². The number of carbonyl (C=O) groups excluding carboxylic acids is 1. The number of ether oxygens (including phenoxy) is 1. The fraction of sp³-hybridized carbons (Fsp3) is 0.261. The number of aliphatic imine (C=N–C) groups is 1. The summed E-state index contributed by atoms with van der Waals surface area (Å²) in [5.74, 6) is 0.183. The fourth-order valence-corrected chi connectivity index (χ4v) is 3.19. The standard InChI is InChI=1S/C23H26FN5O2/c1-15-21(16(2)29(3)28-15)12-13-25-23(26-19-6-5-7-20(14-19)31-4)27-22(30)17-8-10-18(24)11-9-17/h5-11,14H,12-13H2,1-4H3,(H2,25,26,27,30). The normalized spacial score (nSPS) is 11.3. The summed E-state index contributed by atoms with van der Waals surface area (Å²) in [4.78, 5) is 17.2. The van der Waals surface area contributed by atoms with Crippen LogP contribution in [0.15, 0.2) is 53.5 Å². The van der Waals surface area contributed by atoms with Gasteiger partial charge in [-0.2, -0.15) is 5.10 Å². The Labute approximate surface area is 181 Å². The second-order valence-corrected chi connectivity index (χ2v) is 7.07. The highest BCUT2D eigenvalue weighted by atomic mass is 19.1. The minimum Gasteiger partial charge on any atom is -0.497 e. The van der Waals surface area contributed by atoms with Crippen LogP contribution in [0.4, 0.5) is 10.1 Å². The van der Waals surface area contributed by atoms with E-state index in [4.69, 9.17) is 4.74 Å². The molecule has 0 bridgehead atoms. The van der Waals surface area contributed by atoms with Gasteiger partial charge in [0, 0.05) is 36.6 Å². The first-order chi connectivity index (χ1) is 14.9. The lowest BCUT2D eigenvalue weighted by molar-refractivity contribution is 0.0977. The van der Waals surface area contributed by atoms with Gasteiger partial charge in [0.1, 0.15) is 11.6 Å². The minimum atomic E-state index is -0.401. The molecule has 0 atom stereocenters. The van der Waals surface area contributed by atoms with E-state index < -0.39 is 5.82 Å². The topological polar surface area (TPSA) is 80.5 Å². The molecule has 0 aliphatic carbocycles. The minimum absolute atomic E-state index is 0.293. The van der Waals surface area contributed by atoms with Crippen molar-refractivity contribution >= 4 is 17.6 Å². The van der Waals surface area contributed by atoms with E-state index in [1.165, 1.54) is 24.3 Å². The number of guanidine groups is 1. The zero-order valence-electron chi connectivity index (χ0n) is 18.1. The molecule has 0 radical (unpaired) electrons. The maximum Gasteiger partial charge on any atom is 0.257 e. The van der Waals surface area contributed by atoms with Crippen molar-refractivity contribution in [2.75, 3.05) is 19.0 Å². The Balaban J connectivity index is 1.79. The summed E-state index contributed by atoms with van der Waals surface area (Å²) >= 11 is 0. The predicted octanol–water partition coefficient (Wildman–Crippen LogP) is 3.63. The van der Waals surface area contributed by atoms with E-state index in [2.05, 4.69) is 20.7 Å². The highest BCUT2D eigenvalue weighted by Crippen LogP contribution is 2.17. The SMILES string of the molecule is COc1cccc(NC(=NCCc2c(C)nn(C)c2C)NC(=O)c2ccc(F)cc2)c1. The molecule has 0 fully saturated rings. The molecule has 0 aliphatic rings. The summed E-state index contributed by atoms with van der Waals surface area (Å²) in [6, 6.07) is 12.7. The van der Waals surface area contributed by atoms with Crippen LogP contribution in [0.25, 0.3) is 0 Å². The van der Waals surface area contributed by atoms with Gasteiger partial charge < -0.3 is 10.1 Å². The monoisotopic (exact) mass is 423 g/mol. The molecule has 7 nitrogen and oxygen atoms in total. The second kappa shape index (κ2) is 9.88. The Hall–Kier alpha value is -3.68. The quantitative estimate of drug-likeness (QED) is 0.469. The van der Waals surface area contributed by atoms with Gasteiger partial charge in [-0.1, -0.05) is 6.07 Å². The van der Waals surface area contributed by atoms with Crippen molar-refractivity contribution in [2.45, 2.75) is 20.3 Å². The lowest BCUT2D eigenvalue weighted by Gasteiger charge is -2.13. The molecule has 3 rings (SSSR count). The molecule has 2 N–H and O–H groups in total. The molecule has 1 heterocycles. The number of amides is 1. The second-order valence-electron chi connectivity index (χ2n) is 7.07. The summed E-state index contributed by atoms with van der Waals surface area (Å²) in [6.45, 7) is 4.44. The number of halogens is 1. The third-order valence-corrected chi connectivity index (χ3v) is 4.96. The third-order valence-electron chi connectivity index (χ3n) is 4.96. The summed E-state index contributed by atoms with van der Waals surface area (Å²) in [6.07, 6.45) is 0.682. The molecule has 0 spiro atoms. The van der Waals surface area contributed by atoms with Gasteiger partial charge >= 0.3 is 0 Å². The van der Waals surface area contributed by atoms with Gasteiger partial charge in [0.2, 0.25) is 5.96 Å². The number of carbonyl (C=O) groups is 1. The van der Waals surface area contributed by atoms with Crippen LogP contribution in [-0.2, 0) is 13.5 Å². The van der Waals surface area contributed by atoms with Crippen molar-refractivity contribution in [2.24, 2.45) is 12.0 Å². The van der Waals surface area contributed by atoms with Gasteiger partial charge in [0.25, 0.3) is 5.91 Å². The van der Waals surface area contributed by atoms with Gasteiger partial charge in [0.15, 0.2) is 0 Å². The number of hydrogen-bond acceptors (Lipinski definition) is 4. The molecule has 0 saturated heterocycles. The van der Waals surface area contributed by atoms with E-state index in [-0.39, 0.29) is 5.91 Å². The van der Waals surface area contributed by atoms with Crippen LogP contribution in [-0.4, -0.2) is 35.3 Å². The zero-order chi connectivity index (χ0) is 22.4. The molecule has 1 aromatic heterocycles. The van der Waals surface area contributed by atoms with Crippen LogP contribution in [0, 0.1) is 19.7 Å². The van der Waals surface area contributed by atoms with Gasteiger partial charge in [-0.3, -0.25) is 19.8 Å². The molecule has 31 heavy (non-hydrogen) atoms. The van der Waals surface area contributed by atoms with Gasteiger partial charge in [-0.15, -0.1) is 0 Å². The Bertz CT molecular complexity index is 1090. The van der Waals surface area contributed by atoms with Crippen LogP contribution in [0.3, 0.4) is 0 Å². The number of rotatable bonds is 6. The number of nitrogens with zero attached hydrogens (tertiary/aromatic N) is 3. The van der Waals surface area contributed by atoms with E-state index in [1.54, 1.807) is 13.2 Å². The number of methoxy groups -OCH3 is 1. The average Bonchev–Trinajstić information content (AvgIpc) is 3.00. The fourth-order valence-electron chi connectivity index (χ4n) is 3.19. The highest BCUT2D eigenvalue weighted by Gasteiger charge is 2.12. The predicted molar refractivity (Wildman–Crippen MR) is 119 cm³/mol. The van der Waals surface area contributed by atoms with E-state index >= 15 is 0 Å². The van der Waals surface area contributed by atoms with Crippen LogP contribution < -0.4 is 15.4 Å². The largest absolute Gasteiger partial charge is 0.497 e. The molecule has 0 saturated carbocycles. The molecule has 3 aromatic rings. The summed E-state index contributed by atoms with van der Waals surface area (Å²) < 4.78 is 20.3. The molecule has 162 valence electrons. The number of aryl methyl sites for hydroxylation is 2. The third kappa shape index (κ3) is 5.69. The molecule has 1 amide bonds. The number of aromatic nitrogens is 2. The van der Waals surface area contributed by atoms with Crippen LogP contribution in [0.2, 0.25) is 0 Å². The van der Waals surface area contributed by atoms with E-state index in [1.807, 2.05) is 43.8 Å². The number of hydrogen-bond donors (Lipinski definition) is 2. The van der Waals surface area contributed by atoms with Crippen molar-refractivity contribution in [1.82, 2.24) is 15.1 Å². The Morgan fingerprint density at radius 3 is 2.58 bits per heavy atom. The van der Waals surface area contributed by atoms with E-state index in [0.29, 0.717) is 35.9 Å². The number of nitrogens with one attached hydrogen (secondary N) is 2. The zero-order valence-corrected chi connectivity index (χ0v) is 18.1. The maximum atomic E-state index is 13.2. The van der Waals surface area contributed by atoms with Gasteiger partial charge in [-0.05, 0) is 62.2 Å². The lowest BCUT2D eigenvalue weighted by atomic mass is 10.1. The first-order valence-electron chi connectivity index (χ1n) is 9.89. The van der Waals surface area contributed by atoms with E-state index in [9.17, 15) is 9.18 Å². The Morgan fingerprint density at radius 1 is 1.19 bits per heavy atom. The van der Waals surface area contributed by atoms with Crippen LogP contribution in [0.1, 0.15) is 27.3 Å². The maximum absolute atomic E-state index is 13.2. The highest BCUT2D eigenvalue weighted by molar-refractivity contribution is 6.10. The molecule has 0 unspecified atom stereocenters. The molecule has 0 aliphatic heterocycles. The number of anilines is 1. The smallest absolute Gasteiger partial charge is 0.257 e. The molecule has 8 heteroatoms. The first-order valence-corrected chi connectivity index (χ1v) is 9.89. The van der Waals surface area contributed by atoms with Gasteiger partial charge in [0.05, 0.1) is 12.8 Å². The first kappa shape index (κ1) is 22.0. The van der Waals surface area contributed by atoms with Crippen molar-refractivity contribution in [3.05, 3.63) is 76.9 Å². The molecular weight excluding hydrogens is 397 g/mol. The molecular formula is C23H26FN5O2. The molecule has 2 aromatic carbocycles. The average molecular weight is 423 g/mol. The number of benzene rings is 2. The van der Waals surface area contributed by atoms with Crippen molar-refractivity contribution in [3.8, 4) is 5.75 Å². The van der Waals surface area contributed by atoms with Gasteiger partial charge in [-0.25, -0.2) is 4.39 Å². The van der Waals surface area contributed by atoms with Crippen LogP contribution in [0.5, 0.6) is 5.75 Å².